The van der Waals surface area contributed by atoms with Crippen LogP contribution in [0.4, 0.5) is 0 Å². The Balaban J connectivity index is 5.21. The van der Waals surface area contributed by atoms with Gasteiger partial charge in [-0.2, -0.15) is 0 Å². The molecule has 0 aliphatic heterocycles. The van der Waals surface area contributed by atoms with Gasteiger partial charge in [0.1, 0.15) is 0 Å². The second-order valence-electron chi connectivity index (χ2n) is 4.43. The van der Waals surface area contributed by atoms with Crippen molar-refractivity contribution in [3.05, 3.63) is 0 Å². The molecule has 0 rings (SSSR count). The summed E-state index contributed by atoms with van der Waals surface area (Å²) in [7, 11) is -3.59. The zero-order valence-corrected chi connectivity index (χ0v) is 16.3. The summed E-state index contributed by atoms with van der Waals surface area (Å²) in [6, 6.07) is 0. The zero-order chi connectivity index (χ0) is 17.2. The van der Waals surface area contributed by atoms with Gasteiger partial charge < -0.3 is 18.7 Å². The van der Waals surface area contributed by atoms with E-state index >= 15 is 0 Å². The van der Waals surface area contributed by atoms with Gasteiger partial charge in [0, 0.05) is 6.42 Å². The number of aliphatic hydroxyl groups excluding tert-OH is 1. The number of rotatable bonds is 10. The quantitative estimate of drug-likeness (QED) is 0.311. The highest BCUT2D eigenvalue weighted by Crippen LogP contribution is 2.56. The van der Waals surface area contributed by atoms with Crippen LogP contribution < -0.4 is 0 Å². The largest absolute Gasteiger partial charge is 0.398 e. The van der Waals surface area contributed by atoms with Crippen LogP contribution in [0.15, 0.2) is 0 Å². The third-order valence-corrected chi connectivity index (χ3v) is 5.99. The minimum atomic E-state index is -3.59. The van der Waals surface area contributed by atoms with Crippen molar-refractivity contribution in [3.63, 3.8) is 0 Å². The third kappa shape index (κ3) is 7.87. The molecule has 22 heavy (non-hydrogen) atoms. The minimum Gasteiger partial charge on any atom is -0.398 e. The maximum Gasteiger partial charge on any atom is 0.343 e. The third-order valence-electron chi connectivity index (χ3n) is 2.57. The van der Waals surface area contributed by atoms with E-state index in [1.54, 1.807) is 13.8 Å². The first kappa shape index (κ1) is 22.5. The van der Waals surface area contributed by atoms with Crippen molar-refractivity contribution in [1.29, 1.82) is 0 Å². The highest BCUT2D eigenvalue weighted by molar-refractivity contribution is 7.63. The van der Waals surface area contributed by atoms with Gasteiger partial charge in [-0.3, -0.25) is 4.79 Å². The van der Waals surface area contributed by atoms with E-state index < -0.39 is 22.8 Å². The van der Waals surface area contributed by atoms with E-state index in [0.29, 0.717) is 6.42 Å². The van der Waals surface area contributed by atoms with Crippen LogP contribution in [0, 0.1) is 0 Å². The molecular weight excluding hydrogens is 373 g/mol. The van der Waals surface area contributed by atoms with Crippen LogP contribution in [0.3, 0.4) is 0 Å². The Kier molecular flexibility index (Phi) is 11.4. The van der Waals surface area contributed by atoms with Crippen LogP contribution >= 0.6 is 42.4 Å². The van der Waals surface area contributed by atoms with Gasteiger partial charge in [-0.25, -0.2) is 0 Å². The lowest BCUT2D eigenvalue weighted by atomic mass is 10.2. The Bertz CT molecular complexity index is 386. The van der Waals surface area contributed by atoms with Gasteiger partial charge in [-0.05, 0) is 20.3 Å². The first-order valence-electron chi connectivity index (χ1n) is 7.27. The number of alkyl halides is 3. The first-order chi connectivity index (χ1) is 10.2. The molecule has 0 spiro atoms. The van der Waals surface area contributed by atoms with Crippen LogP contribution in [0.1, 0.15) is 52.9 Å². The summed E-state index contributed by atoms with van der Waals surface area (Å²) in [4.78, 5) is 12.0. The number of hydrogen-bond acceptors (Lipinski definition) is 4. The predicted molar refractivity (Wildman–Crippen MR) is 92.3 cm³/mol. The molecule has 132 valence electrons. The topological polar surface area (TPSA) is 65.0 Å². The van der Waals surface area contributed by atoms with Gasteiger partial charge in [0.25, 0.3) is 0 Å². The molecule has 0 aliphatic carbocycles. The predicted octanol–water partition coefficient (Wildman–Crippen LogP) is 5.21. The summed E-state index contributed by atoms with van der Waals surface area (Å²) in [5.74, 6) is -0.549. The first-order valence-corrected chi connectivity index (χ1v) is 9.95. The molecule has 0 aromatic rings. The average molecular weight is 398 g/mol. The molecule has 5 nitrogen and oxygen atoms in total. The highest BCUT2D eigenvalue weighted by Gasteiger charge is 2.40. The maximum absolute atomic E-state index is 12.0. The second kappa shape index (κ2) is 11.1. The number of unbranched alkanes of at least 4 members (excludes halogenated alkanes) is 3. The fourth-order valence-corrected chi connectivity index (χ4v) is 4.42. The molecule has 0 heterocycles. The smallest absolute Gasteiger partial charge is 0.343 e. The van der Waals surface area contributed by atoms with E-state index in [9.17, 15) is 9.90 Å². The molecule has 0 bridgehead atoms. The Labute approximate surface area is 147 Å². The highest BCUT2D eigenvalue weighted by atomic mass is 35.6. The Morgan fingerprint density at radius 1 is 1.05 bits per heavy atom. The van der Waals surface area contributed by atoms with Gasteiger partial charge in [0.2, 0.25) is 3.79 Å². The molecule has 0 amide bonds. The van der Waals surface area contributed by atoms with Gasteiger partial charge >= 0.3 is 13.5 Å². The lowest BCUT2D eigenvalue weighted by Gasteiger charge is -2.27. The molecule has 9 heteroatoms. The van der Waals surface area contributed by atoms with Gasteiger partial charge in [0.15, 0.2) is 5.48 Å². The Morgan fingerprint density at radius 3 is 2.00 bits per heavy atom. The van der Waals surface area contributed by atoms with Crippen molar-refractivity contribution in [1.82, 2.24) is 0 Å². The molecule has 0 saturated heterocycles. The monoisotopic (exact) mass is 396 g/mol. The van der Waals surface area contributed by atoms with Gasteiger partial charge in [-0.15, -0.1) is 0 Å². The number of carbonyl (C=O) groups excluding carboxylic acids is 1. The number of hydrogen-bond donors (Lipinski definition) is 1. The van der Waals surface area contributed by atoms with E-state index in [-0.39, 0.29) is 19.6 Å². The SMILES string of the molecule is CCCCCCC(=O)OP(OCC)(OCC)=C(O)C(Cl)(Cl)Cl. The molecule has 0 saturated carbocycles. The summed E-state index contributed by atoms with van der Waals surface area (Å²) in [6.07, 6.45) is 3.89. The maximum atomic E-state index is 12.0. The van der Waals surface area contributed by atoms with Crippen LogP contribution in [-0.2, 0) is 18.4 Å². The van der Waals surface area contributed by atoms with E-state index in [2.05, 4.69) is 6.92 Å². The number of aliphatic hydroxyl groups is 1. The molecule has 0 atom stereocenters. The molecule has 1 N–H and O–H groups in total. The van der Waals surface area contributed by atoms with Crippen molar-refractivity contribution < 1.29 is 23.5 Å². The van der Waals surface area contributed by atoms with Crippen molar-refractivity contribution in [2.24, 2.45) is 0 Å². The molecule has 0 radical (unpaired) electrons. The van der Waals surface area contributed by atoms with Gasteiger partial charge in [-0.1, -0.05) is 61.0 Å². The fourth-order valence-electron chi connectivity index (χ4n) is 1.63. The van der Waals surface area contributed by atoms with Crippen LogP contribution in [0.25, 0.3) is 0 Å². The van der Waals surface area contributed by atoms with Crippen LogP contribution in [0.5, 0.6) is 0 Å². The van der Waals surface area contributed by atoms with Crippen molar-refractivity contribution >= 4 is 53.8 Å². The summed E-state index contributed by atoms with van der Waals surface area (Å²) in [6.45, 7) is 5.65. The number of halogens is 3. The average Bonchev–Trinajstić information content (AvgIpc) is 2.42. The molecule has 0 aliphatic rings. The van der Waals surface area contributed by atoms with Crippen LogP contribution in [0.2, 0.25) is 0 Å². The van der Waals surface area contributed by atoms with Crippen LogP contribution in [-0.4, -0.2) is 33.6 Å². The molecule has 0 aromatic heterocycles. The van der Waals surface area contributed by atoms with E-state index in [0.717, 1.165) is 19.3 Å². The lowest BCUT2D eigenvalue weighted by molar-refractivity contribution is -0.135. The Hall–Kier alpha value is 0.520. The molecule has 0 fully saturated rings. The molecular formula is C13H24Cl3O5P. The Morgan fingerprint density at radius 2 is 1.59 bits per heavy atom. The summed E-state index contributed by atoms with van der Waals surface area (Å²) in [5.41, 5.74) is -0.726. The summed E-state index contributed by atoms with van der Waals surface area (Å²) < 4.78 is 13.8. The zero-order valence-electron chi connectivity index (χ0n) is 13.1. The van der Waals surface area contributed by atoms with E-state index in [4.69, 9.17) is 48.4 Å². The summed E-state index contributed by atoms with van der Waals surface area (Å²) in [5, 5.41) is 10.2. The van der Waals surface area contributed by atoms with Crippen molar-refractivity contribution in [3.8, 4) is 0 Å². The molecule has 0 aromatic carbocycles. The van der Waals surface area contributed by atoms with Crippen molar-refractivity contribution in [2.75, 3.05) is 13.2 Å². The normalized spacial score (nSPS) is 12.3. The second-order valence-corrected chi connectivity index (χ2v) is 8.83. The van der Waals surface area contributed by atoms with Gasteiger partial charge in [0.05, 0.1) is 13.2 Å². The molecule has 0 unspecified atom stereocenters. The standard InChI is InChI=1S/C13H24Cl3O5P/c1-4-7-8-9-10-11(17)21-22(19-5-2,20-6-3)12(18)13(14,15)16/h18H,4-10H2,1-3H3. The minimum absolute atomic E-state index is 0.127. The fraction of sp³-hybridized carbons (Fsp3) is 0.846. The number of carbonyl (C=O) groups is 1. The lowest BCUT2D eigenvalue weighted by Crippen LogP contribution is -2.24. The van der Waals surface area contributed by atoms with E-state index in [1.807, 2.05) is 0 Å². The summed E-state index contributed by atoms with van der Waals surface area (Å²) >= 11 is 17.1. The van der Waals surface area contributed by atoms with E-state index in [1.165, 1.54) is 0 Å². The van der Waals surface area contributed by atoms with Crippen molar-refractivity contribution in [2.45, 2.75) is 56.7 Å².